The Hall–Kier alpha value is -2.43. The van der Waals surface area contributed by atoms with Gasteiger partial charge in [0.2, 0.25) is 11.9 Å². The minimum absolute atomic E-state index is 0.0434. The van der Waals surface area contributed by atoms with Crippen molar-refractivity contribution in [1.82, 2.24) is 14.9 Å². The fourth-order valence-electron chi connectivity index (χ4n) is 4.10. The van der Waals surface area contributed by atoms with Crippen LogP contribution < -0.4 is 4.90 Å². The molecule has 130 valence electrons. The Bertz CT molecular complexity index is 706. The van der Waals surface area contributed by atoms with Crippen molar-refractivity contribution in [3.05, 3.63) is 54.4 Å². The van der Waals surface area contributed by atoms with Crippen molar-refractivity contribution >= 4 is 11.9 Å². The van der Waals surface area contributed by atoms with Crippen LogP contribution in [0, 0.1) is 5.92 Å². The predicted octanol–water partition coefficient (Wildman–Crippen LogP) is 3.06. The average molecular weight is 336 g/mol. The average Bonchev–Trinajstić information content (AvgIpc) is 3.19. The van der Waals surface area contributed by atoms with Crippen molar-refractivity contribution in [2.45, 2.75) is 31.7 Å². The van der Waals surface area contributed by atoms with E-state index < -0.39 is 0 Å². The zero-order valence-electron chi connectivity index (χ0n) is 14.4. The van der Waals surface area contributed by atoms with E-state index in [0.29, 0.717) is 5.91 Å². The maximum Gasteiger partial charge on any atom is 0.227 e. The van der Waals surface area contributed by atoms with Gasteiger partial charge in [-0.15, -0.1) is 0 Å². The molecule has 1 aromatic heterocycles. The molecule has 0 saturated carbocycles. The number of rotatable bonds is 3. The van der Waals surface area contributed by atoms with E-state index >= 15 is 0 Å². The molecule has 5 heteroatoms. The summed E-state index contributed by atoms with van der Waals surface area (Å²) in [6.07, 6.45) is 7.65. The molecule has 1 amide bonds. The van der Waals surface area contributed by atoms with Crippen LogP contribution in [0.3, 0.4) is 0 Å². The Balaban J connectivity index is 1.48. The maximum absolute atomic E-state index is 13.2. The summed E-state index contributed by atoms with van der Waals surface area (Å²) in [5.74, 6) is 1.08. The van der Waals surface area contributed by atoms with E-state index in [9.17, 15) is 4.79 Å². The first-order chi connectivity index (χ1) is 12.3. The quantitative estimate of drug-likeness (QED) is 0.864. The Morgan fingerprint density at radius 3 is 2.52 bits per heavy atom. The Kier molecular flexibility index (Phi) is 4.63. The summed E-state index contributed by atoms with van der Waals surface area (Å²) >= 11 is 0. The van der Waals surface area contributed by atoms with Gasteiger partial charge in [-0.25, -0.2) is 9.97 Å². The number of benzene rings is 1. The predicted molar refractivity (Wildman–Crippen MR) is 97.1 cm³/mol. The van der Waals surface area contributed by atoms with Crippen molar-refractivity contribution in [1.29, 1.82) is 0 Å². The summed E-state index contributed by atoms with van der Waals surface area (Å²) in [4.78, 5) is 26.2. The molecule has 5 nitrogen and oxygen atoms in total. The van der Waals surface area contributed by atoms with Gasteiger partial charge in [-0.1, -0.05) is 30.3 Å². The molecule has 2 aliphatic heterocycles. The van der Waals surface area contributed by atoms with Crippen LogP contribution >= 0.6 is 0 Å². The van der Waals surface area contributed by atoms with Crippen LogP contribution in [-0.4, -0.2) is 40.4 Å². The molecule has 25 heavy (non-hydrogen) atoms. The van der Waals surface area contributed by atoms with Gasteiger partial charge in [0.1, 0.15) is 0 Å². The number of carbonyl (C=O) groups excluding carboxylic acids is 1. The van der Waals surface area contributed by atoms with Crippen LogP contribution in [0.15, 0.2) is 48.8 Å². The van der Waals surface area contributed by atoms with Crippen LogP contribution in [0.1, 0.15) is 37.3 Å². The van der Waals surface area contributed by atoms with Crippen molar-refractivity contribution in [3.63, 3.8) is 0 Å². The summed E-state index contributed by atoms with van der Waals surface area (Å²) in [5, 5.41) is 0. The molecular weight excluding hydrogens is 312 g/mol. The largest absolute Gasteiger partial charge is 0.340 e. The molecule has 3 heterocycles. The number of aromatic nitrogens is 2. The molecule has 0 spiro atoms. The van der Waals surface area contributed by atoms with Gasteiger partial charge in [0, 0.05) is 32.0 Å². The van der Waals surface area contributed by atoms with Gasteiger partial charge >= 0.3 is 0 Å². The molecule has 2 atom stereocenters. The molecular formula is C20H24N4O. The highest BCUT2D eigenvalue weighted by Crippen LogP contribution is 2.34. The van der Waals surface area contributed by atoms with Crippen molar-refractivity contribution in [3.8, 4) is 0 Å². The topological polar surface area (TPSA) is 49.3 Å². The molecule has 0 aliphatic carbocycles. The highest BCUT2D eigenvalue weighted by atomic mass is 16.2. The number of carbonyl (C=O) groups is 1. The van der Waals surface area contributed by atoms with Gasteiger partial charge in [0.15, 0.2) is 0 Å². The van der Waals surface area contributed by atoms with E-state index in [4.69, 9.17) is 0 Å². The van der Waals surface area contributed by atoms with E-state index in [1.807, 2.05) is 12.1 Å². The SMILES string of the molecule is O=C(C1CCCN(c2ncccn2)C1)N1CCCC1c1ccccc1. The van der Waals surface area contributed by atoms with E-state index in [0.717, 1.165) is 51.3 Å². The minimum atomic E-state index is 0.0434. The minimum Gasteiger partial charge on any atom is -0.340 e. The molecule has 2 aliphatic rings. The number of amides is 1. The molecule has 4 rings (SSSR count). The number of hydrogen-bond acceptors (Lipinski definition) is 4. The fourth-order valence-corrected chi connectivity index (χ4v) is 4.10. The summed E-state index contributed by atoms with van der Waals surface area (Å²) in [6, 6.07) is 12.5. The molecule has 2 fully saturated rings. The van der Waals surface area contributed by atoms with Gasteiger partial charge in [0.25, 0.3) is 0 Å². The van der Waals surface area contributed by atoms with Gasteiger partial charge in [0.05, 0.1) is 12.0 Å². The maximum atomic E-state index is 13.2. The number of anilines is 1. The lowest BCUT2D eigenvalue weighted by molar-refractivity contribution is -0.136. The number of likely N-dealkylation sites (tertiary alicyclic amines) is 1. The lowest BCUT2D eigenvalue weighted by Gasteiger charge is -2.35. The number of nitrogens with zero attached hydrogens (tertiary/aromatic N) is 4. The highest BCUT2D eigenvalue weighted by molar-refractivity contribution is 5.80. The normalized spacial score (nSPS) is 23.7. The summed E-state index contributed by atoms with van der Waals surface area (Å²) in [7, 11) is 0. The summed E-state index contributed by atoms with van der Waals surface area (Å²) < 4.78 is 0. The smallest absolute Gasteiger partial charge is 0.227 e. The van der Waals surface area contributed by atoms with E-state index in [1.54, 1.807) is 12.4 Å². The molecule has 0 radical (unpaired) electrons. The third-order valence-corrected chi connectivity index (χ3v) is 5.33. The highest BCUT2D eigenvalue weighted by Gasteiger charge is 2.36. The molecule has 0 N–H and O–H groups in total. The standard InChI is InChI=1S/C20H24N4O/c25-19(24-14-5-10-18(24)16-7-2-1-3-8-16)17-9-4-13-23(15-17)20-21-11-6-12-22-20/h1-3,6-8,11-12,17-18H,4-5,9-10,13-15H2. The summed E-state index contributed by atoms with van der Waals surface area (Å²) in [5.41, 5.74) is 1.26. The van der Waals surface area contributed by atoms with Crippen molar-refractivity contribution in [2.75, 3.05) is 24.5 Å². The van der Waals surface area contributed by atoms with Crippen molar-refractivity contribution in [2.24, 2.45) is 5.92 Å². The van der Waals surface area contributed by atoms with Crippen LogP contribution in [0.4, 0.5) is 5.95 Å². The van der Waals surface area contributed by atoms with E-state index in [-0.39, 0.29) is 12.0 Å². The lowest BCUT2D eigenvalue weighted by atomic mass is 9.95. The molecule has 0 bridgehead atoms. The van der Waals surface area contributed by atoms with Crippen LogP contribution in [0.25, 0.3) is 0 Å². The molecule has 2 saturated heterocycles. The number of piperidine rings is 1. The van der Waals surface area contributed by atoms with Crippen LogP contribution in [0.5, 0.6) is 0 Å². The van der Waals surface area contributed by atoms with Crippen molar-refractivity contribution < 1.29 is 4.79 Å². The van der Waals surface area contributed by atoms with Crippen LogP contribution in [-0.2, 0) is 4.79 Å². The second kappa shape index (κ2) is 7.21. The fraction of sp³-hybridized carbons (Fsp3) is 0.450. The van der Waals surface area contributed by atoms with E-state index in [2.05, 4.69) is 44.0 Å². The van der Waals surface area contributed by atoms with Crippen LogP contribution in [0.2, 0.25) is 0 Å². The monoisotopic (exact) mass is 336 g/mol. The molecule has 2 aromatic rings. The Morgan fingerprint density at radius 2 is 1.72 bits per heavy atom. The first kappa shape index (κ1) is 16.1. The van der Waals surface area contributed by atoms with Gasteiger partial charge in [-0.3, -0.25) is 4.79 Å². The second-order valence-electron chi connectivity index (χ2n) is 6.93. The third kappa shape index (κ3) is 3.36. The molecule has 1 aromatic carbocycles. The van der Waals surface area contributed by atoms with Gasteiger partial charge < -0.3 is 9.80 Å². The van der Waals surface area contributed by atoms with Gasteiger partial charge in [-0.05, 0) is 37.3 Å². The van der Waals surface area contributed by atoms with E-state index in [1.165, 1.54) is 5.56 Å². The third-order valence-electron chi connectivity index (χ3n) is 5.33. The first-order valence-electron chi connectivity index (χ1n) is 9.20. The molecule has 2 unspecified atom stereocenters. The Labute approximate surface area is 148 Å². The Morgan fingerprint density at radius 1 is 0.960 bits per heavy atom. The number of hydrogen-bond donors (Lipinski definition) is 0. The van der Waals surface area contributed by atoms with Gasteiger partial charge in [-0.2, -0.15) is 0 Å². The summed E-state index contributed by atoms with van der Waals surface area (Å²) in [6.45, 7) is 2.52. The zero-order chi connectivity index (χ0) is 17.1. The second-order valence-corrected chi connectivity index (χ2v) is 6.93. The lowest BCUT2D eigenvalue weighted by Crippen LogP contribution is -2.45. The first-order valence-corrected chi connectivity index (χ1v) is 9.20. The zero-order valence-corrected chi connectivity index (χ0v) is 14.4.